The Hall–Kier alpha value is -3.35. The van der Waals surface area contributed by atoms with E-state index in [1.165, 1.54) is 0 Å². The third-order valence-corrected chi connectivity index (χ3v) is 4.66. The van der Waals surface area contributed by atoms with E-state index in [2.05, 4.69) is 30.4 Å². The van der Waals surface area contributed by atoms with Gasteiger partial charge in [-0.1, -0.05) is 6.07 Å². The molecule has 3 aromatic rings. The molecule has 1 amide bonds. The van der Waals surface area contributed by atoms with Crippen molar-refractivity contribution in [3.8, 4) is 11.3 Å². The number of nitrogens with one attached hydrogen (secondary N) is 1. The molecule has 7 nitrogen and oxygen atoms in total. The summed E-state index contributed by atoms with van der Waals surface area (Å²) in [5, 5.41) is 11.6. The average molecular weight is 360 g/mol. The van der Waals surface area contributed by atoms with Gasteiger partial charge in [-0.15, -0.1) is 10.2 Å². The van der Waals surface area contributed by atoms with Crippen molar-refractivity contribution in [3.63, 3.8) is 0 Å². The van der Waals surface area contributed by atoms with Crippen molar-refractivity contribution in [2.24, 2.45) is 5.92 Å². The van der Waals surface area contributed by atoms with Crippen LogP contribution in [0, 0.1) is 5.92 Å². The summed E-state index contributed by atoms with van der Waals surface area (Å²) < 4.78 is 0. The predicted molar refractivity (Wildman–Crippen MR) is 103 cm³/mol. The standard InChI is InChI=1S/C20H20N6O/c27-20(23-18-5-1-2-10-22-18)16-4-3-13-26(14-16)19-7-6-17(24-25-19)15-8-11-21-12-9-15/h1-2,5-12,16H,3-4,13-14H2,(H,22,23,27). The van der Waals surface area contributed by atoms with Crippen LogP contribution in [-0.4, -0.2) is 39.2 Å². The molecule has 4 rings (SSSR count). The van der Waals surface area contributed by atoms with E-state index in [-0.39, 0.29) is 11.8 Å². The molecule has 1 aliphatic rings. The molecule has 1 saturated heterocycles. The summed E-state index contributed by atoms with van der Waals surface area (Å²) in [4.78, 5) is 22.9. The van der Waals surface area contributed by atoms with Crippen LogP contribution in [0.4, 0.5) is 11.6 Å². The molecule has 0 spiro atoms. The molecular weight excluding hydrogens is 340 g/mol. The minimum absolute atomic E-state index is 0.000218. The first-order chi connectivity index (χ1) is 13.3. The quantitative estimate of drug-likeness (QED) is 0.770. The van der Waals surface area contributed by atoms with E-state index in [0.717, 1.165) is 36.5 Å². The lowest BCUT2D eigenvalue weighted by molar-refractivity contribution is -0.120. The predicted octanol–water partition coefficient (Wildman–Crippen LogP) is 2.79. The summed E-state index contributed by atoms with van der Waals surface area (Å²) >= 11 is 0. The fourth-order valence-electron chi connectivity index (χ4n) is 3.23. The summed E-state index contributed by atoms with van der Waals surface area (Å²) in [6.07, 6.45) is 6.94. The molecule has 7 heteroatoms. The van der Waals surface area contributed by atoms with Gasteiger partial charge in [0, 0.05) is 37.2 Å². The minimum Gasteiger partial charge on any atom is -0.354 e. The van der Waals surface area contributed by atoms with Crippen molar-refractivity contribution in [2.45, 2.75) is 12.8 Å². The molecule has 1 fully saturated rings. The lowest BCUT2D eigenvalue weighted by Gasteiger charge is -2.32. The van der Waals surface area contributed by atoms with Gasteiger partial charge in [0.1, 0.15) is 5.82 Å². The minimum atomic E-state index is -0.0950. The third-order valence-electron chi connectivity index (χ3n) is 4.66. The number of carbonyl (C=O) groups excluding carboxylic acids is 1. The van der Waals surface area contributed by atoms with E-state index in [1.54, 1.807) is 24.7 Å². The van der Waals surface area contributed by atoms with Gasteiger partial charge in [-0.3, -0.25) is 9.78 Å². The molecule has 0 bridgehead atoms. The fourth-order valence-corrected chi connectivity index (χ4v) is 3.23. The van der Waals surface area contributed by atoms with Crippen LogP contribution in [0.25, 0.3) is 11.3 Å². The Labute approximate surface area is 157 Å². The highest BCUT2D eigenvalue weighted by atomic mass is 16.2. The maximum atomic E-state index is 12.6. The van der Waals surface area contributed by atoms with Crippen LogP contribution in [0.15, 0.2) is 61.1 Å². The number of carbonyl (C=O) groups is 1. The van der Waals surface area contributed by atoms with Crippen LogP contribution >= 0.6 is 0 Å². The number of hydrogen-bond acceptors (Lipinski definition) is 6. The van der Waals surface area contributed by atoms with Crippen LogP contribution in [0.1, 0.15) is 12.8 Å². The number of piperidine rings is 1. The van der Waals surface area contributed by atoms with Gasteiger partial charge in [0.25, 0.3) is 0 Å². The van der Waals surface area contributed by atoms with E-state index >= 15 is 0 Å². The maximum absolute atomic E-state index is 12.6. The molecular formula is C20H20N6O. The third kappa shape index (κ3) is 4.08. The van der Waals surface area contributed by atoms with E-state index in [1.807, 2.05) is 36.4 Å². The Balaban J connectivity index is 1.43. The summed E-state index contributed by atoms with van der Waals surface area (Å²) in [5.74, 6) is 1.28. The van der Waals surface area contributed by atoms with E-state index in [0.29, 0.717) is 12.4 Å². The van der Waals surface area contributed by atoms with Crippen LogP contribution in [0.5, 0.6) is 0 Å². The van der Waals surface area contributed by atoms with Crippen LogP contribution < -0.4 is 10.2 Å². The van der Waals surface area contributed by atoms with Crippen molar-refractivity contribution in [2.75, 3.05) is 23.3 Å². The van der Waals surface area contributed by atoms with Gasteiger partial charge in [0.2, 0.25) is 5.91 Å². The van der Waals surface area contributed by atoms with E-state index < -0.39 is 0 Å². The van der Waals surface area contributed by atoms with Crippen molar-refractivity contribution in [1.29, 1.82) is 0 Å². The van der Waals surface area contributed by atoms with E-state index in [9.17, 15) is 4.79 Å². The first-order valence-electron chi connectivity index (χ1n) is 9.00. The molecule has 0 aliphatic carbocycles. The Bertz CT molecular complexity index is 885. The first-order valence-corrected chi connectivity index (χ1v) is 9.00. The normalized spacial score (nSPS) is 16.7. The Morgan fingerprint density at radius 1 is 1.04 bits per heavy atom. The van der Waals surface area contributed by atoms with Crippen molar-refractivity contribution in [1.82, 2.24) is 20.2 Å². The fraction of sp³-hybridized carbons (Fsp3) is 0.250. The number of anilines is 2. The monoisotopic (exact) mass is 360 g/mol. The Morgan fingerprint density at radius 3 is 2.67 bits per heavy atom. The van der Waals surface area contributed by atoms with Crippen molar-refractivity contribution in [3.05, 3.63) is 61.1 Å². The second-order valence-electron chi connectivity index (χ2n) is 6.50. The van der Waals surface area contributed by atoms with Gasteiger partial charge < -0.3 is 10.2 Å². The highest BCUT2D eigenvalue weighted by Crippen LogP contribution is 2.24. The summed E-state index contributed by atoms with van der Waals surface area (Å²) in [6, 6.07) is 13.2. The number of rotatable bonds is 4. The smallest absolute Gasteiger partial charge is 0.230 e. The molecule has 1 atom stereocenters. The molecule has 4 heterocycles. The first kappa shape index (κ1) is 17.1. The second kappa shape index (κ2) is 7.90. The zero-order valence-corrected chi connectivity index (χ0v) is 14.8. The highest BCUT2D eigenvalue weighted by molar-refractivity contribution is 5.92. The molecule has 0 aromatic carbocycles. The molecule has 3 aromatic heterocycles. The maximum Gasteiger partial charge on any atom is 0.230 e. The number of nitrogens with zero attached hydrogens (tertiary/aromatic N) is 5. The Morgan fingerprint density at radius 2 is 1.93 bits per heavy atom. The topological polar surface area (TPSA) is 83.9 Å². The SMILES string of the molecule is O=C(Nc1ccccn1)C1CCCN(c2ccc(-c3ccncc3)nn2)C1. The zero-order chi connectivity index (χ0) is 18.5. The van der Waals surface area contributed by atoms with Gasteiger partial charge in [-0.2, -0.15) is 0 Å². The van der Waals surface area contributed by atoms with Gasteiger partial charge in [0.05, 0.1) is 11.6 Å². The second-order valence-corrected chi connectivity index (χ2v) is 6.50. The highest BCUT2D eigenvalue weighted by Gasteiger charge is 2.27. The van der Waals surface area contributed by atoms with Crippen LogP contribution in [0.3, 0.4) is 0 Å². The van der Waals surface area contributed by atoms with E-state index in [4.69, 9.17) is 0 Å². The lowest BCUT2D eigenvalue weighted by atomic mass is 9.97. The van der Waals surface area contributed by atoms with Crippen LogP contribution in [-0.2, 0) is 4.79 Å². The molecule has 0 radical (unpaired) electrons. The summed E-state index contributed by atoms with van der Waals surface area (Å²) in [5.41, 5.74) is 1.79. The van der Waals surface area contributed by atoms with Gasteiger partial charge in [-0.05, 0) is 49.2 Å². The molecule has 1 aliphatic heterocycles. The Kier molecular flexibility index (Phi) is 5.00. The largest absolute Gasteiger partial charge is 0.354 e. The summed E-state index contributed by atoms with van der Waals surface area (Å²) in [6.45, 7) is 1.50. The van der Waals surface area contributed by atoms with Crippen LogP contribution in [0.2, 0.25) is 0 Å². The molecule has 0 saturated carbocycles. The van der Waals surface area contributed by atoms with Crippen molar-refractivity contribution < 1.29 is 4.79 Å². The van der Waals surface area contributed by atoms with Gasteiger partial charge >= 0.3 is 0 Å². The average Bonchev–Trinajstić information content (AvgIpc) is 2.75. The van der Waals surface area contributed by atoms with Crippen molar-refractivity contribution >= 4 is 17.5 Å². The molecule has 27 heavy (non-hydrogen) atoms. The zero-order valence-electron chi connectivity index (χ0n) is 14.8. The molecule has 1 N–H and O–H groups in total. The molecule has 1 unspecified atom stereocenters. The summed E-state index contributed by atoms with van der Waals surface area (Å²) in [7, 11) is 0. The number of amides is 1. The van der Waals surface area contributed by atoms with Gasteiger partial charge in [-0.25, -0.2) is 4.98 Å². The molecule has 136 valence electrons. The number of pyridine rings is 2. The number of hydrogen-bond donors (Lipinski definition) is 1. The lowest BCUT2D eigenvalue weighted by Crippen LogP contribution is -2.41. The number of aromatic nitrogens is 4. The van der Waals surface area contributed by atoms with Gasteiger partial charge in [0.15, 0.2) is 5.82 Å².